The minimum atomic E-state index is -0.259. The van der Waals surface area contributed by atoms with Crippen molar-refractivity contribution in [1.29, 1.82) is 0 Å². The number of H-pyrrole nitrogens is 1. The highest BCUT2D eigenvalue weighted by molar-refractivity contribution is 5.99. The summed E-state index contributed by atoms with van der Waals surface area (Å²) in [5, 5.41) is 9.89. The maximum Gasteiger partial charge on any atom is 0.272 e. The molecule has 1 atom stereocenters. The van der Waals surface area contributed by atoms with E-state index in [0.717, 1.165) is 16.8 Å². The fourth-order valence-electron chi connectivity index (χ4n) is 2.48. The molecule has 4 heterocycles. The van der Waals surface area contributed by atoms with Crippen molar-refractivity contribution in [3.63, 3.8) is 0 Å². The second-order valence-corrected chi connectivity index (χ2v) is 4.53. The molecule has 98 valence electrons. The van der Waals surface area contributed by atoms with Gasteiger partial charge in [-0.1, -0.05) is 6.07 Å². The number of aromatic amines is 1. The average Bonchev–Trinajstić information content (AvgIpc) is 3.17. The molecule has 1 aliphatic heterocycles. The number of carbonyl (C=O) groups is 1. The normalized spacial score (nSPS) is 17.0. The molecule has 1 aliphatic rings. The Bertz CT molecular complexity index is 762. The second kappa shape index (κ2) is 4.06. The van der Waals surface area contributed by atoms with Gasteiger partial charge < -0.3 is 9.73 Å². The third kappa shape index (κ3) is 1.48. The lowest BCUT2D eigenvalue weighted by molar-refractivity contribution is 0.0955. The summed E-state index contributed by atoms with van der Waals surface area (Å²) in [6.07, 6.45) is 5.02. The summed E-state index contributed by atoms with van der Waals surface area (Å²) in [5.41, 5.74) is 2.84. The predicted octanol–water partition coefficient (Wildman–Crippen LogP) is 1.90. The molecule has 0 spiro atoms. The van der Waals surface area contributed by atoms with Crippen LogP contribution in [0.3, 0.4) is 0 Å². The molecule has 0 radical (unpaired) electrons. The number of fused-ring (bicyclic) bond motifs is 1. The van der Waals surface area contributed by atoms with E-state index in [1.807, 2.05) is 18.2 Å². The lowest BCUT2D eigenvalue weighted by atomic mass is 10.0. The van der Waals surface area contributed by atoms with E-state index in [-0.39, 0.29) is 11.9 Å². The molecule has 3 aromatic heterocycles. The molecule has 0 bridgehead atoms. The highest BCUT2D eigenvalue weighted by Crippen LogP contribution is 2.36. The molecular weight excluding hydrogens is 256 g/mol. The zero-order valence-electron chi connectivity index (χ0n) is 10.3. The number of hydrogen-bond acceptors (Lipinski definition) is 4. The van der Waals surface area contributed by atoms with Crippen LogP contribution in [0.4, 0.5) is 0 Å². The zero-order valence-corrected chi connectivity index (χ0v) is 10.3. The highest BCUT2D eigenvalue weighted by Gasteiger charge is 2.36. The third-order valence-electron chi connectivity index (χ3n) is 3.37. The van der Waals surface area contributed by atoms with Crippen LogP contribution in [-0.2, 0) is 0 Å². The molecule has 0 aliphatic carbocycles. The van der Waals surface area contributed by atoms with Gasteiger partial charge in [0.25, 0.3) is 5.91 Å². The van der Waals surface area contributed by atoms with Crippen LogP contribution in [0.15, 0.2) is 47.3 Å². The van der Waals surface area contributed by atoms with Gasteiger partial charge in [0, 0.05) is 18.0 Å². The lowest BCUT2D eigenvalue weighted by Crippen LogP contribution is -2.21. The zero-order chi connectivity index (χ0) is 13.5. The fraction of sp³-hybridized carbons (Fsp3) is 0.0714. The highest BCUT2D eigenvalue weighted by atomic mass is 16.3. The largest absolute Gasteiger partial charge is 0.463 e. The summed E-state index contributed by atoms with van der Waals surface area (Å²) < 4.78 is 5.40. The maximum absolute atomic E-state index is 12.0. The Labute approximate surface area is 113 Å². The van der Waals surface area contributed by atoms with Gasteiger partial charge in [-0.15, -0.1) is 0 Å². The van der Waals surface area contributed by atoms with Crippen molar-refractivity contribution in [2.45, 2.75) is 6.04 Å². The molecule has 3 aromatic rings. The summed E-state index contributed by atoms with van der Waals surface area (Å²) in [7, 11) is 0. The van der Waals surface area contributed by atoms with E-state index in [9.17, 15) is 4.79 Å². The van der Waals surface area contributed by atoms with Crippen molar-refractivity contribution in [3.8, 4) is 11.5 Å². The van der Waals surface area contributed by atoms with Gasteiger partial charge >= 0.3 is 0 Å². The molecule has 4 rings (SSSR count). The van der Waals surface area contributed by atoms with Gasteiger partial charge in [0.2, 0.25) is 0 Å². The number of pyridine rings is 1. The Morgan fingerprint density at radius 3 is 2.95 bits per heavy atom. The van der Waals surface area contributed by atoms with Crippen LogP contribution in [0.1, 0.15) is 27.7 Å². The number of rotatable bonds is 2. The first-order valence-corrected chi connectivity index (χ1v) is 6.17. The van der Waals surface area contributed by atoms with Gasteiger partial charge in [0.1, 0.15) is 5.69 Å². The number of furan rings is 1. The summed E-state index contributed by atoms with van der Waals surface area (Å²) >= 11 is 0. The average molecular weight is 266 g/mol. The Morgan fingerprint density at radius 2 is 2.20 bits per heavy atom. The van der Waals surface area contributed by atoms with Gasteiger partial charge in [-0.25, -0.2) is 0 Å². The predicted molar refractivity (Wildman–Crippen MR) is 69.8 cm³/mol. The second-order valence-electron chi connectivity index (χ2n) is 4.53. The summed E-state index contributed by atoms with van der Waals surface area (Å²) in [6, 6.07) is 7.13. The van der Waals surface area contributed by atoms with Crippen LogP contribution in [-0.4, -0.2) is 21.1 Å². The van der Waals surface area contributed by atoms with Gasteiger partial charge in [-0.3, -0.25) is 14.9 Å². The summed E-state index contributed by atoms with van der Waals surface area (Å²) in [4.78, 5) is 16.1. The van der Waals surface area contributed by atoms with Crippen molar-refractivity contribution in [1.82, 2.24) is 20.5 Å². The summed E-state index contributed by atoms with van der Waals surface area (Å²) in [5.74, 6) is 0.465. The molecule has 0 aromatic carbocycles. The van der Waals surface area contributed by atoms with Gasteiger partial charge in [0.15, 0.2) is 11.5 Å². The summed E-state index contributed by atoms with van der Waals surface area (Å²) in [6.45, 7) is 0. The van der Waals surface area contributed by atoms with Crippen molar-refractivity contribution < 1.29 is 9.21 Å². The topological polar surface area (TPSA) is 83.8 Å². The van der Waals surface area contributed by atoms with Crippen LogP contribution in [0.25, 0.3) is 11.5 Å². The van der Waals surface area contributed by atoms with E-state index in [1.165, 1.54) is 0 Å². The third-order valence-corrected chi connectivity index (χ3v) is 3.37. The lowest BCUT2D eigenvalue weighted by Gasteiger charge is -2.11. The molecule has 1 amide bonds. The van der Waals surface area contributed by atoms with Crippen molar-refractivity contribution in [2.75, 3.05) is 0 Å². The number of nitrogens with one attached hydrogen (secondary N) is 2. The molecule has 6 heteroatoms. The fourth-order valence-corrected chi connectivity index (χ4v) is 2.48. The Hall–Kier alpha value is -2.89. The van der Waals surface area contributed by atoms with Crippen LogP contribution >= 0.6 is 0 Å². The van der Waals surface area contributed by atoms with Crippen molar-refractivity contribution in [2.24, 2.45) is 0 Å². The molecule has 0 unspecified atom stereocenters. The van der Waals surface area contributed by atoms with E-state index in [4.69, 9.17) is 4.42 Å². The monoisotopic (exact) mass is 266 g/mol. The van der Waals surface area contributed by atoms with Crippen molar-refractivity contribution >= 4 is 5.91 Å². The first-order chi connectivity index (χ1) is 9.84. The first kappa shape index (κ1) is 11.0. The SMILES string of the molecule is O=C1N[C@@H](c2cccnc2)c2c1n[nH]c2-c1ccco1. The standard InChI is InChI=1S/C14H10N4O2/c19-14-13-10(11(16-14)8-3-1-5-15-7-8)12(17-18-13)9-4-2-6-20-9/h1-7,11H,(H,16,19)(H,17,18)/t11-/m0/s1. The van der Waals surface area contributed by atoms with E-state index in [2.05, 4.69) is 20.5 Å². The number of aromatic nitrogens is 3. The van der Waals surface area contributed by atoms with Crippen LogP contribution in [0.5, 0.6) is 0 Å². The van der Waals surface area contributed by atoms with Crippen molar-refractivity contribution in [3.05, 3.63) is 59.7 Å². The first-order valence-electron chi connectivity index (χ1n) is 6.17. The van der Waals surface area contributed by atoms with Crippen LogP contribution in [0.2, 0.25) is 0 Å². The van der Waals surface area contributed by atoms with Crippen LogP contribution in [0, 0.1) is 0 Å². The molecule has 6 nitrogen and oxygen atoms in total. The quantitative estimate of drug-likeness (QED) is 0.742. The minimum absolute atomic E-state index is 0.192. The van der Waals surface area contributed by atoms with Gasteiger partial charge in [-0.05, 0) is 23.8 Å². The minimum Gasteiger partial charge on any atom is -0.463 e. The molecule has 20 heavy (non-hydrogen) atoms. The number of nitrogens with zero attached hydrogens (tertiary/aromatic N) is 2. The molecule has 0 fully saturated rings. The molecular formula is C14H10N4O2. The Morgan fingerprint density at radius 1 is 1.25 bits per heavy atom. The number of carbonyl (C=O) groups excluding carboxylic acids is 1. The van der Waals surface area contributed by atoms with E-state index in [1.54, 1.807) is 24.7 Å². The van der Waals surface area contributed by atoms with Gasteiger partial charge in [0.05, 0.1) is 12.3 Å². The molecule has 0 saturated heterocycles. The number of hydrogen-bond donors (Lipinski definition) is 2. The molecule has 2 N–H and O–H groups in total. The maximum atomic E-state index is 12.0. The Balaban J connectivity index is 1.89. The van der Waals surface area contributed by atoms with Crippen LogP contribution < -0.4 is 5.32 Å². The van der Waals surface area contributed by atoms with E-state index in [0.29, 0.717) is 11.5 Å². The van der Waals surface area contributed by atoms with Gasteiger partial charge in [-0.2, -0.15) is 5.10 Å². The molecule has 0 saturated carbocycles. The Kier molecular flexibility index (Phi) is 2.23. The van der Waals surface area contributed by atoms with E-state index < -0.39 is 0 Å². The van der Waals surface area contributed by atoms with E-state index >= 15 is 0 Å². The number of amides is 1. The smallest absolute Gasteiger partial charge is 0.272 e.